The lowest BCUT2D eigenvalue weighted by atomic mass is 9.82. The molecule has 1 amide bonds. The lowest BCUT2D eigenvalue weighted by molar-refractivity contribution is -0.193. The first-order valence-electron chi connectivity index (χ1n) is 14.0. The number of H-pyrrole nitrogens is 1. The second kappa shape index (κ2) is 17.7. The van der Waals surface area contributed by atoms with E-state index in [2.05, 4.69) is 40.9 Å². The number of nitrogens with one attached hydrogen (secondary N) is 4. The minimum Gasteiger partial charge on any atom is -0.475 e. The summed E-state index contributed by atoms with van der Waals surface area (Å²) < 4.78 is 95.2. The lowest BCUT2D eigenvalue weighted by Crippen LogP contribution is -2.47. The van der Waals surface area contributed by atoms with Crippen molar-refractivity contribution in [3.63, 3.8) is 0 Å². The predicted octanol–water partition coefficient (Wildman–Crippen LogP) is 4.57. The molecule has 1 aliphatic heterocycles. The number of carboxylic acid groups (broad SMARTS) is 4. The number of carbonyl (C=O) groups is 4. The van der Waals surface area contributed by atoms with Gasteiger partial charge in [0, 0.05) is 30.2 Å². The van der Waals surface area contributed by atoms with Gasteiger partial charge >= 0.3 is 42.5 Å². The molecule has 5 rings (SSSR count). The van der Waals surface area contributed by atoms with E-state index < -0.39 is 48.1 Å². The standard InChI is InChI=1S/C21H21ClN8O2.3C2HF3O2/c22-14-8-12(3-6-25-18-17-19(27-10-26-17)29-11-28-18)15(16-13(14)2-1-5-24-16)21(30-20(31)32)4-7-23-9-21;3*3-2(4,5)1(6)7/h1-2,5,8,10-11,23,30H,3-4,6-7,9H2,(H,31,32)(H2,25,26,27,28,29);3*(H,6,7)/t21-;;;/m1.../s1. The molecule has 0 saturated carbocycles. The van der Waals surface area contributed by atoms with Gasteiger partial charge in [0.25, 0.3) is 0 Å². The maximum atomic E-state index is 11.7. The summed E-state index contributed by atoms with van der Waals surface area (Å²) in [6.07, 6.45) is -10.4. The highest BCUT2D eigenvalue weighted by atomic mass is 35.5. The minimum atomic E-state index is -5.08. The third-order valence-corrected chi connectivity index (χ3v) is 6.85. The second-order valence-corrected chi connectivity index (χ2v) is 10.5. The van der Waals surface area contributed by atoms with Crippen LogP contribution in [-0.2, 0) is 26.3 Å². The fourth-order valence-corrected chi connectivity index (χ4v) is 4.76. The average molecular weight is 795 g/mol. The number of anilines is 1. The van der Waals surface area contributed by atoms with Crippen LogP contribution in [0.5, 0.6) is 0 Å². The zero-order chi connectivity index (χ0) is 40.4. The van der Waals surface area contributed by atoms with Crippen LogP contribution in [0.25, 0.3) is 22.1 Å². The monoisotopic (exact) mass is 794 g/mol. The number of benzene rings is 1. The van der Waals surface area contributed by atoms with Crippen LogP contribution in [0.3, 0.4) is 0 Å². The number of aromatic amines is 1. The summed E-state index contributed by atoms with van der Waals surface area (Å²) in [5, 5.41) is 41.7. The molecule has 3 aromatic heterocycles. The number of hydrogen-bond acceptors (Lipinski definition) is 10. The largest absolute Gasteiger partial charge is 0.490 e. The van der Waals surface area contributed by atoms with E-state index in [0.29, 0.717) is 60.0 Å². The zero-order valence-corrected chi connectivity index (χ0v) is 26.7. The Bertz CT molecular complexity index is 1860. The Labute approximate surface area is 293 Å². The van der Waals surface area contributed by atoms with Crippen LogP contribution in [0.15, 0.2) is 37.1 Å². The molecule has 26 heteroatoms. The molecule has 1 atom stereocenters. The summed E-state index contributed by atoms with van der Waals surface area (Å²) in [6.45, 7) is 1.72. The number of carboxylic acids is 3. The summed E-state index contributed by atoms with van der Waals surface area (Å²) in [4.78, 5) is 58.7. The molecule has 1 fully saturated rings. The Kier molecular flexibility index (Phi) is 14.5. The number of fused-ring (bicyclic) bond motifs is 2. The van der Waals surface area contributed by atoms with Gasteiger partial charge in [0.05, 0.1) is 22.4 Å². The zero-order valence-electron chi connectivity index (χ0n) is 26.0. The van der Waals surface area contributed by atoms with Gasteiger partial charge in [-0.15, -0.1) is 0 Å². The molecule has 290 valence electrons. The van der Waals surface area contributed by atoms with Crippen LogP contribution in [0, 0.1) is 0 Å². The van der Waals surface area contributed by atoms with E-state index in [1.165, 1.54) is 6.33 Å². The molecule has 53 heavy (non-hydrogen) atoms. The predicted molar refractivity (Wildman–Crippen MR) is 162 cm³/mol. The van der Waals surface area contributed by atoms with E-state index in [-0.39, 0.29) is 0 Å². The number of alkyl halides is 9. The van der Waals surface area contributed by atoms with E-state index in [1.807, 2.05) is 18.2 Å². The van der Waals surface area contributed by atoms with Gasteiger partial charge in [-0.2, -0.15) is 39.5 Å². The van der Waals surface area contributed by atoms with Gasteiger partial charge in [0.15, 0.2) is 11.5 Å². The van der Waals surface area contributed by atoms with Crippen molar-refractivity contribution in [2.75, 3.05) is 25.0 Å². The molecule has 8 N–H and O–H groups in total. The number of aliphatic carboxylic acids is 3. The molecule has 16 nitrogen and oxygen atoms in total. The molecule has 0 aliphatic carbocycles. The van der Waals surface area contributed by atoms with Gasteiger partial charge in [-0.05, 0) is 43.1 Å². The molecule has 0 spiro atoms. The number of hydrogen-bond donors (Lipinski definition) is 8. The first kappa shape index (κ1) is 43.4. The van der Waals surface area contributed by atoms with Crippen molar-refractivity contribution >= 4 is 63.5 Å². The number of halogens is 10. The van der Waals surface area contributed by atoms with Crippen LogP contribution < -0.4 is 16.0 Å². The van der Waals surface area contributed by atoms with Gasteiger partial charge in [0.2, 0.25) is 0 Å². The fourth-order valence-electron chi connectivity index (χ4n) is 4.47. The van der Waals surface area contributed by atoms with E-state index in [0.717, 1.165) is 16.5 Å². The van der Waals surface area contributed by atoms with Crippen molar-refractivity contribution in [3.05, 3.63) is 53.2 Å². The van der Waals surface area contributed by atoms with Crippen molar-refractivity contribution in [3.8, 4) is 0 Å². The number of aromatic nitrogens is 5. The first-order valence-corrected chi connectivity index (χ1v) is 14.3. The van der Waals surface area contributed by atoms with E-state index >= 15 is 0 Å². The van der Waals surface area contributed by atoms with Gasteiger partial charge in [-0.1, -0.05) is 11.6 Å². The Hall–Kier alpha value is -5.72. The third kappa shape index (κ3) is 12.5. The maximum Gasteiger partial charge on any atom is 0.490 e. The Morgan fingerprint density at radius 3 is 1.91 bits per heavy atom. The molecular weight excluding hydrogens is 771 g/mol. The smallest absolute Gasteiger partial charge is 0.475 e. The Balaban J connectivity index is 0.000000379. The first-order chi connectivity index (χ1) is 24.4. The van der Waals surface area contributed by atoms with Crippen molar-refractivity contribution in [1.29, 1.82) is 0 Å². The lowest BCUT2D eigenvalue weighted by Gasteiger charge is -2.32. The van der Waals surface area contributed by atoms with E-state index in [1.54, 1.807) is 12.5 Å². The van der Waals surface area contributed by atoms with Crippen molar-refractivity contribution in [1.82, 2.24) is 35.6 Å². The third-order valence-electron chi connectivity index (χ3n) is 6.54. The number of nitrogens with zero attached hydrogens (tertiary/aromatic N) is 4. The molecule has 1 aliphatic rings. The summed E-state index contributed by atoms with van der Waals surface area (Å²) in [6, 6.07) is 5.65. The molecular formula is C27H24ClF9N8O8. The normalized spacial score (nSPS) is 15.5. The number of pyridine rings is 1. The summed E-state index contributed by atoms with van der Waals surface area (Å²) in [5.74, 6) is -7.64. The van der Waals surface area contributed by atoms with Crippen LogP contribution in [0.1, 0.15) is 17.5 Å². The van der Waals surface area contributed by atoms with Crippen molar-refractivity contribution in [2.45, 2.75) is 36.9 Å². The number of amides is 1. The molecule has 0 unspecified atom stereocenters. The maximum absolute atomic E-state index is 11.7. The molecule has 0 bridgehead atoms. The van der Waals surface area contributed by atoms with Crippen LogP contribution in [0.4, 0.5) is 50.1 Å². The van der Waals surface area contributed by atoms with E-state index in [4.69, 9.17) is 41.3 Å². The summed E-state index contributed by atoms with van der Waals surface area (Å²) in [7, 11) is 0. The van der Waals surface area contributed by atoms with Crippen molar-refractivity contribution in [2.24, 2.45) is 0 Å². The van der Waals surface area contributed by atoms with Gasteiger partial charge < -0.3 is 41.4 Å². The number of imidazole rings is 1. The summed E-state index contributed by atoms with van der Waals surface area (Å²) in [5.41, 5.74) is 3.03. The average Bonchev–Trinajstić information content (AvgIpc) is 3.71. The highest BCUT2D eigenvalue weighted by molar-refractivity contribution is 6.35. The van der Waals surface area contributed by atoms with Crippen LogP contribution >= 0.6 is 11.6 Å². The molecule has 0 radical (unpaired) electrons. The fraction of sp³-hybridized carbons (Fsp3) is 0.333. The van der Waals surface area contributed by atoms with Gasteiger partial charge in [0.1, 0.15) is 11.8 Å². The second-order valence-electron chi connectivity index (χ2n) is 10.1. The molecule has 4 aromatic rings. The molecule has 1 saturated heterocycles. The minimum absolute atomic E-state index is 0.479. The SMILES string of the molecule is O=C(O)C(F)(F)F.O=C(O)C(F)(F)F.O=C(O)C(F)(F)F.O=C(O)N[C@]1(c2c(CCNc3ncnc4[nH]cnc34)cc(Cl)c3cccnc23)CCNC1. The van der Waals surface area contributed by atoms with E-state index in [9.17, 15) is 49.4 Å². The van der Waals surface area contributed by atoms with Crippen molar-refractivity contribution < 1.29 is 79.1 Å². The van der Waals surface area contributed by atoms with Gasteiger partial charge in [-0.3, -0.25) is 4.98 Å². The Morgan fingerprint density at radius 1 is 0.849 bits per heavy atom. The van der Waals surface area contributed by atoms with Gasteiger partial charge in [-0.25, -0.2) is 34.1 Å². The quantitative estimate of drug-likeness (QED) is 0.125. The highest BCUT2D eigenvalue weighted by Crippen LogP contribution is 2.38. The van der Waals surface area contributed by atoms with Crippen LogP contribution in [0.2, 0.25) is 5.02 Å². The van der Waals surface area contributed by atoms with Crippen LogP contribution in [-0.4, -0.2) is 108 Å². The Morgan fingerprint density at radius 2 is 1.42 bits per heavy atom. The number of rotatable bonds is 6. The topological polar surface area (TPSA) is 253 Å². The molecule has 4 heterocycles. The highest BCUT2D eigenvalue weighted by Gasteiger charge is 2.41. The summed E-state index contributed by atoms with van der Waals surface area (Å²) >= 11 is 6.60. The molecule has 1 aromatic carbocycles.